The quantitative estimate of drug-likeness (QED) is 0.337. The van der Waals surface area contributed by atoms with E-state index in [1.165, 1.54) is 33.1 Å². The Balaban J connectivity index is 0.00000144. The van der Waals surface area contributed by atoms with E-state index in [1.54, 1.807) is 0 Å². The van der Waals surface area contributed by atoms with Gasteiger partial charge in [0.25, 0.3) is 0 Å². The first-order valence-electron chi connectivity index (χ1n) is 13.8. The zero-order valence-corrected chi connectivity index (χ0v) is 23.4. The van der Waals surface area contributed by atoms with Crippen LogP contribution in [0.2, 0.25) is 0 Å². The van der Waals surface area contributed by atoms with Crippen LogP contribution in [0.25, 0.3) is 27.5 Å². The van der Waals surface area contributed by atoms with E-state index in [1.807, 2.05) is 13.8 Å². The van der Waals surface area contributed by atoms with Crippen LogP contribution in [-0.2, 0) is 9.31 Å². The number of allylic oxidation sites excluding steroid dienone is 12. The molecule has 194 valence electrons. The van der Waals surface area contributed by atoms with E-state index in [9.17, 15) is 0 Å². The van der Waals surface area contributed by atoms with Crippen molar-refractivity contribution in [1.29, 1.82) is 0 Å². The van der Waals surface area contributed by atoms with Crippen LogP contribution in [0.1, 0.15) is 48.0 Å². The summed E-state index contributed by atoms with van der Waals surface area (Å²) in [5.41, 5.74) is 5.16. The first-order valence-corrected chi connectivity index (χ1v) is 13.8. The zero-order valence-electron chi connectivity index (χ0n) is 23.4. The average molecular weight is 503 g/mol. The molecule has 4 heteroatoms. The molecule has 0 bridgehead atoms. The Morgan fingerprint density at radius 1 is 0.816 bits per heavy atom. The number of benzene rings is 2. The largest absolute Gasteiger partial charge is 0.494 e. The lowest BCUT2D eigenvalue weighted by atomic mass is 9.78. The molecule has 0 radical (unpaired) electrons. The van der Waals surface area contributed by atoms with Crippen LogP contribution in [0.3, 0.4) is 0 Å². The molecule has 3 aromatic rings. The molecule has 1 unspecified atom stereocenters. The van der Waals surface area contributed by atoms with Crippen molar-refractivity contribution >= 4 is 40.1 Å². The van der Waals surface area contributed by atoms with Crippen molar-refractivity contribution in [2.24, 2.45) is 5.92 Å². The van der Waals surface area contributed by atoms with Gasteiger partial charge in [0.15, 0.2) is 0 Å². The average Bonchev–Trinajstić information content (AvgIpc) is 3.12. The highest BCUT2D eigenvalue weighted by Gasteiger charge is 2.51. The van der Waals surface area contributed by atoms with Gasteiger partial charge in [0.05, 0.1) is 22.2 Å². The molecule has 0 saturated carbocycles. The van der Waals surface area contributed by atoms with Crippen LogP contribution in [-0.4, -0.2) is 22.9 Å². The number of hydrogen-bond acceptors (Lipinski definition) is 2. The Labute approximate surface area is 227 Å². The Hall–Kier alpha value is -3.34. The van der Waals surface area contributed by atoms with E-state index in [2.05, 4.69) is 135 Å². The second kappa shape index (κ2) is 10.4. The summed E-state index contributed by atoms with van der Waals surface area (Å²) in [5.74, 6) is 0.203. The maximum Gasteiger partial charge on any atom is 0.494 e. The summed E-state index contributed by atoms with van der Waals surface area (Å²) < 4.78 is 15.1. The van der Waals surface area contributed by atoms with Gasteiger partial charge < -0.3 is 13.9 Å². The summed E-state index contributed by atoms with van der Waals surface area (Å²) in [5, 5.41) is 2.43. The molecule has 6 rings (SSSR count). The monoisotopic (exact) mass is 503 g/mol. The predicted molar refractivity (Wildman–Crippen MR) is 164 cm³/mol. The lowest BCUT2D eigenvalue weighted by Crippen LogP contribution is -2.41. The first kappa shape index (κ1) is 26.3. The van der Waals surface area contributed by atoms with Gasteiger partial charge in [-0.05, 0) is 69.4 Å². The van der Waals surface area contributed by atoms with Crippen molar-refractivity contribution in [3.05, 3.63) is 109 Å². The maximum atomic E-state index is 6.36. The summed E-state index contributed by atoms with van der Waals surface area (Å²) in [6.07, 6.45) is 23.2. The van der Waals surface area contributed by atoms with Crippen LogP contribution in [0.15, 0.2) is 109 Å². The standard InChI is InChI=1S/C32H32BNO2.C2H6/c1-31(2)32(3,4)36-33(35-31)25-19-20-30-28(22-25)27-17-11-12-18-29(27)34(30)26-16-10-9-15-24(21-26)23-13-7-5-6-8-14-23;1-2/h5,7-22,24H,6H2,1-4H3;1-2H3. The molecular formula is C34H38BNO2. The molecule has 0 spiro atoms. The third-order valence-corrected chi connectivity index (χ3v) is 7.92. The van der Waals surface area contributed by atoms with E-state index in [-0.39, 0.29) is 24.2 Å². The first-order chi connectivity index (χ1) is 18.3. The minimum Gasteiger partial charge on any atom is -0.399 e. The van der Waals surface area contributed by atoms with Gasteiger partial charge in [-0.3, -0.25) is 0 Å². The highest BCUT2D eigenvalue weighted by molar-refractivity contribution is 6.62. The molecule has 2 heterocycles. The van der Waals surface area contributed by atoms with E-state index in [0.717, 1.165) is 11.9 Å². The molecule has 1 aromatic heterocycles. The summed E-state index contributed by atoms with van der Waals surface area (Å²) in [6, 6.07) is 15.3. The Morgan fingerprint density at radius 2 is 1.55 bits per heavy atom. The van der Waals surface area contributed by atoms with Crippen LogP contribution in [0.4, 0.5) is 0 Å². The minimum atomic E-state index is -0.380. The van der Waals surface area contributed by atoms with E-state index >= 15 is 0 Å². The van der Waals surface area contributed by atoms with Crippen LogP contribution >= 0.6 is 0 Å². The second-order valence-electron chi connectivity index (χ2n) is 10.8. The Kier molecular flexibility index (Phi) is 7.22. The van der Waals surface area contributed by atoms with Gasteiger partial charge in [-0.2, -0.15) is 0 Å². The molecule has 3 aliphatic rings. The summed E-state index contributed by atoms with van der Waals surface area (Å²) in [6.45, 7) is 12.4. The molecule has 3 nitrogen and oxygen atoms in total. The molecule has 1 saturated heterocycles. The second-order valence-corrected chi connectivity index (χ2v) is 10.8. The fourth-order valence-electron chi connectivity index (χ4n) is 5.20. The normalized spacial score (nSPS) is 21.6. The molecule has 0 amide bonds. The Morgan fingerprint density at radius 3 is 2.34 bits per heavy atom. The number of rotatable bonds is 3. The lowest BCUT2D eigenvalue weighted by molar-refractivity contribution is 0.00578. The van der Waals surface area contributed by atoms with Gasteiger partial charge >= 0.3 is 7.12 Å². The van der Waals surface area contributed by atoms with E-state index < -0.39 is 0 Å². The highest BCUT2D eigenvalue weighted by atomic mass is 16.7. The summed E-state index contributed by atoms with van der Waals surface area (Å²) in [7, 11) is -0.380. The van der Waals surface area contributed by atoms with Gasteiger partial charge in [-0.1, -0.05) is 92.8 Å². The van der Waals surface area contributed by atoms with Crippen molar-refractivity contribution in [1.82, 2.24) is 4.57 Å². The zero-order chi connectivity index (χ0) is 26.9. The third kappa shape index (κ3) is 4.68. The van der Waals surface area contributed by atoms with Gasteiger partial charge in [0.1, 0.15) is 0 Å². The molecular weight excluding hydrogens is 465 g/mol. The highest BCUT2D eigenvalue weighted by Crippen LogP contribution is 2.38. The molecule has 2 aliphatic carbocycles. The van der Waals surface area contributed by atoms with Gasteiger partial charge in [-0.15, -0.1) is 0 Å². The molecule has 2 aromatic carbocycles. The van der Waals surface area contributed by atoms with E-state index in [0.29, 0.717) is 0 Å². The number of fused-ring (bicyclic) bond motifs is 3. The van der Waals surface area contributed by atoms with Crippen molar-refractivity contribution in [3.8, 4) is 0 Å². The van der Waals surface area contributed by atoms with Crippen molar-refractivity contribution < 1.29 is 9.31 Å². The number of para-hydroxylation sites is 1. The molecule has 0 N–H and O–H groups in total. The fourth-order valence-corrected chi connectivity index (χ4v) is 5.20. The topological polar surface area (TPSA) is 23.4 Å². The van der Waals surface area contributed by atoms with Crippen LogP contribution in [0.5, 0.6) is 0 Å². The number of nitrogens with zero attached hydrogens (tertiary/aromatic N) is 1. The summed E-state index contributed by atoms with van der Waals surface area (Å²) in [4.78, 5) is 0. The van der Waals surface area contributed by atoms with Crippen molar-refractivity contribution in [3.63, 3.8) is 0 Å². The Bertz CT molecular complexity index is 1510. The van der Waals surface area contributed by atoms with Gasteiger partial charge in [-0.25, -0.2) is 0 Å². The smallest absolute Gasteiger partial charge is 0.399 e. The number of aromatic nitrogens is 1. The maximum absolute atomic E-state index is 6.36. The molecule has 1 fully saturated rings. The molecule has 1 atom stereocenters. The lowest BCUT2D eigenvalue weighted by Gasteiger charge is -2.32. The summed E-state index contributed by atoms with van der Waals surface area (Å²) >= 11 is 0. The van der Waals surface area contributed by atoms with Crippen molar-refractivity contribution in [2.45, 2.75) is 59.2 Å². The van der Waals surface area contributed by atoms with Crippen LogP contribution in [0, 0.1) is 5.92 Å². The number of hydrogen-bond donors (Lipinski definition) is 0. The molecule has 1 aliphatic heterocycles. The fraction of sp³-hybridized carbons (Fsp3) is 0.294. The minimum absolute atomic E-state index is 0.203. The van der Waals surface area contributed by atoms with Crippen LogP contribution < -0.4 is 5.46 Å². The molecule has 38 heavy (non-hydrogen) atoms. The van der Waals surface area contributed by atoms with Gasteiger partial charge in [0.2, 0.25) is 0 Å². The third-order valence-electron chi connectivity index (χ3n) is 7.92. The predicted octanol–water partition coefficient (Wildman–Crippen LogP) is 8.15. The SMILES string of the molecule is CC.CC1(C)OB(c2ccc3c(c2)c2ccccc2n3C2=CC(C3=CC=CCC=C3)C=CC=C2)OC1(C)C. The van der Waals surface area contributed by atoms with Crippen molar-refractivity contribution in [2.75, 3.05) is 0 Å². The van der Waals surface area contributed by atoms with E-state index in [4.69, 9.17) is 9.31 Å². The van der Waals surface area contributed by atoms with Gasteiger partial charge in [0, 0.05) is 22.4 Å².